The predicted octanol–water partition coefficient (Wildman–Crippen LogP) is 1.94. The van der Waals surface area contributed by atoms with E-state index in [0.29, 0.717) is 17.9 Å². The Kier molecular flexibility index (Phi) is 4.03. The van der Waals surface area contributed by atoms with Crippen LogP contribution in [0.25, 0.3) is 0 Å². The smallest absolute Gasteiger partial charge is 0.341 e. The number of fused-ring (bicyclic) bond motifs is 1. The first-order valence-electron chi connectivity index (χ1n) is 6.72. The fourth-order valence-electron chi connectivity index (χ4n) is 2.63. The Hall–Kier alpha value is -2.29. The lowest BCUT2D eigenvalue weighted by molar-refractivity contribution is -0.139. The highest BCUT2D eigenvalue weighted by Crippen LogP contribution is 2.41. The molecule has 0 aliphatic heterocycles. The second-order valence-corrected chi connectivity index (χ2v) is 5.89. The van der Waals surface area contributed by atoms with Crippen LogP contribution < -0.4 is 9.47 Å². The molecule has 0 unspecified atom stereocenters. The van der Waals surface area contributed by atoms with Gasteiger partial charge in [0.05, 0.1) is 7.11 Å². The van der Waals surface area contributed by atoms with Gasteiger partial charge in [-0.1, -0.05) is 13.8 Å². The summed E-state index contributed by atoms with van der Waals surface area (Å²) in [5, 5.41) is 18.1. The van der Waals surface area contributed by atoms with Crippen molar-refractivity contribution in [3.05, 3.63) is 16.7 Å². The van der Waals surface area contributed by atoms with Gasteiger partial charge in [0.1, 0.15) is 11.6 Å². The average Bonchev–Trinajstić information content (AvgIpc) is 2.42. The van der Waals surface area contributed by atoms with Gasteiger partial charge < -0.3 is 14.6 Å². The standard InChI is InChI=1S/C15H18N2O4/c1-15(2)5-4-9-10(6-15)11(7-16)14(17-13(9)20-3)21-8-12(18)19/h4-6,8H2,1-3H3,(H,18,19). The lowest BCUT2D eigenvalue weighted by Gasteiger charge is -2.32. The summed E-state index contributed by atoms with van der Waals surface area (Å²) in [4.78, 5) is 14.8. The molecule has 0 fully saturated rings. The minimum absolute atomic E-state index is 0.0354. The van der Waals surface area contributed by atoms with Crippen LogP contribution in [0.1, 0.15) is 37.0 Å². The van der Waals surface area contributed by atoms with Crippen LogP contribution in [0.5, 0.6) is 11.8 Å². The van der Waals surface area contributed by atoms with Crippen molar-refractivity contribution in [2.45, 2.75) is 33.1 Å². The normalized spacial score (nSPS) is 15.7. The van der Waals surface area contributed by atoms with Crippen LogP contribution in [0, 0.1) is 16.7 Å². The second kappa shape index (κ2) is 5.60. The molecular weight excluding hydrogens is 272 g/mol. The Morgan fingerprint density at radius 1 is 1.43 bits per heavy atom. The van der Waals surface area contributed by atoms with E-state index in [1.807, 2.05) is 0 Å². The SMILES string of the molecule is COc1nc(OCC(=O)O)c(C#N)c2c1CCC(C)(C)C2. The number of carboxylic acids is 1. The molecule has 0 bridgehead atoms. The minimum Gasteiger partial charge on any atom is -0.481 e. The first-order valence-corrected chi connectivity index (χ1v) is 6.72. The second-order valence-electron chi connectivity index (χ2n) is 5.89. The highest BCUT2D eigenvalue weighted by Gasteiger charge is 2.32. The number of carboxylic acid groups (broad SMARTS) is 1. The lowest BCUT2D eigenvalue weighted by atomic mass is 9.73. The largest absolute Gasteiger partial charge is 0.481 e. The number of nitriles is 1. The van der Waals surface area contributed by atoms with Crippen molar-refractivity contribution in [3.63, 3.8) is 0 Å². The highest BCUT2D eigenvalue weighted by molar-refractivity contribution is 5.68. The highest BCUT2D eigenvalue weighted by atomic mass is 16.5. The third-order valence-electron chi connectivity index (χ3n) is 3.69. The number of methoxy groups -OCH3 is 1. The first-order chi connectivity index (χ1) is 9.88. The Balaban J connectivity index is 2.53. The van der Waals surface area contributed by atoms with Gasteiger partial charge in [0.25, 0.3) is 0 Å². The summed E-state index contributed by atoms with van der Waals surface area (Å²) in [5.74, 6) is -0.661. The molecule has 0 saturated heterocycles. The van der Waals surface area contributed by atoms with Crippen LogP contribution in [-0.2, 0) is 17.6 Å². The first kappa shape index (κ1) is 15.1. The van der Waals surface area contributed by atoms with Gasteiger partial charge in [0, 0.05) is 5.56 Å². The van der Waals surface area contributed by atoms with E-state index < -0.39 is 12.6 Å². The number of hydrogen-bond acceptors (Lipinski definition) is 5. The zero-order chi connectivity index (χ0) is 15.6. The van der Waals surface area contributed by atoms with Crippen LogP contribution in [0.2, 0.25) is 0 Å². The fourth-order valence-corrected chi connectivity index (χ4v) is 2.63. The molecule has 21 heavy (non-hydrogen) atoms. The zero-order valence-corrected chi connectivity index (χ0v) is 12.4. The van der Waals surface area contributed by atoms with Gasteiger partial charge >= 0.3 is 5.97 Å². The third kappa shape index (κ3) is 3.07. The predicted molar refractivity (Wildman–Crippen MR) is 74.4 cm³/mol. The topological polar surface area (TPSA) is 92.4 Å². The number of pyridine rings is 1. The molecule has 0 amide bonds. The van der Waals surface area contributed by atoms with Crippen molar-refractivity contribution in [2.24, 2.45) is 5.41 Å². The van der Waals surface area contributed by atoms with Gasteiger partial charge in [-0.15, -0.1) is 0 Å². The van der Waals surface area contributed by atoms with Crippen LogP contribution in [-0.4, -0.2) is 29.8 Å². The molecule has 1 aromatic heterocycles. The van der Waals surface area contributed by atoms with E-state index in [1.54, 1.807) is 0 Å². The van der Waals surface area contributed by atoms with E-state index in [1.165, 1.54) is 7.11 Å². The number of hydrogen-bond donors (Lipinski definition) is 1. The lowest BCUT2D eigenvalue weighted by Crippen LogP contribution is -2.24. The molecule has 0 saturated carbocycles. The molecule has 1 aliphatic carbocycles. The van der Waals surface area contributed by atoms with Crippen molar-refractivity contribution in [1.82, 2.24) is 4.98 Å². The Bertz CT molecular complexity index is 617. The Labute approximate surface area is 123 Å². The molecule has 1 aromatic rings. The maximum atomic E-state index is 10.7. The molecule has 0 radical (unpaired) electrons. The summed E-state index contributed by atoms with van der Waals surface area (Å²) in [6.07, 6.45) is 2.48. The number of carbonyl (C=O) groups is 1. The number of aromatic nitrogens is 1. The van der Waals surface area contributed by atoms with E-state index in [4.69, 9.17) is 14.6 Å². The summed E-state index contributed by atoms with van der Waals surface area (Å²) in [6.45, 7) is 3.75. The summed E-state index contributed by atoms with van der Waals surface area (Å²) in [5.41, 5.74) is 2.19. The van der Waals surface area contributed by atoms with Gasteiger partial charge in [0.15, 0.2) is 6.61 Å². The molecule has 1 N–H and O–H groups in total. The zero-order valence-electron chi connectivity index (χ0n) is 12.4. The summed E-state index contributed by atoms with van der Waals surface area (Å²) in [6, 6.07) is 2.10. The molecule has 112 valence electrons. The minimum atomic E-state index is -1.11. The average molecular weight is 290 g/mol. The fraction of sp³-hybridized carbons (Fsp3) is 0.533. The summed E-state index contributed by atoms with van der Waals surface area (Å²) >= 11 is 0. The maximum Gasteiger partial charge on any atom is 0.341 e. The molecule has 0 spiro atoms. The van der Waals surface area contributed by atoms with E-state index in [-0.39, 0.29) is 11.3 Å². The quantitative estimate of drug-likeness (QED) is 0.911. The van der Waals surface area contributed by atoms with Crippen molar-refractivity contribution >= 4 is 5.97 Å². The molecule has 0 aromatic carbocycles. The van der Waals surface area contributed by atoms with Crippen LogP contribution in [0.3, 0.4) is 0 Å². The van der Waals surface area contributed by atoms with Gasteiger partial charge in [-0.3, -0.25) is 0 Å². The van der Waals surface area contributed by atoms with E-state index in [2.05, 4.69) is 24.9 Å². The molecule has 1 heterocycles. The molecular formula is C15H18N2O4. The molecule has 0 atom stereocenters. The van der Waals surface area contributed by atoms with Crippen molar-refractivity contribution in [3.8, 4) is 17.8 Å². The molecule has 6 nitrogen and oxygen atoms in total. The molecule has 1 aliphatic rings. The van der Waals surface area contributed by atoms with Crippen LogP contribution >= 0.6 is 0 Å². The van der Waals surface area contributed by atoms with Gasteiger partial charge in [-0.2, -0.15) is 10.2 Å². The summed E-state index contributed by atoms with van der Waals surface area (Å²) < 4.78 is 10.4. The maximum absolute atomic E-state index is 10.7. The summed E-state index contributed by atoms with van der Waals surface area (Å²) in [7, 11) is 1.51. The van der Waals surface area contributed by atoms with Crippen molar-refractivity contribution in [2.75, 3.05) is 13.7 Å². The third-order valence-corrected chi connectivity index (χ3v) is 3.69. The Morgan fingerprint density at radius 3 is 2.71 bits per heavy atom. The van der Waals surface area contributed by atoms with Crippen LogP contribution in [0.15, 0.2) is 0 Å². The van der Waals surface area contributed by atoms with Crippen molar-refractivity contribution in [1.29, 1.82) is 5.26 Å². The van der Waals surface area contributed by atoms with E-state index >= 15 is 0 Å². The monoisotopic (exact) mass is 290 g/mol. The van der Waals surface area contributed by atoms with Crippen molar-refractivity contribution < 1.29 is 19.4 Å². The Morgan fingerprint density at radius 2 is 2.14 bits per heavy atom. The van der Waals surface area contributed by atoms with E-state index in [0.717, 1.165) is 24.0 Å². The van der Waals surface area contributed by atoms with Gasteiger partial charge in [-0.05, 0) is 30.2 Å². The number of rotatable bonds is 4. The number of aliphatic carboxylic acids is 1. The molecule has 6 heteroatoms. The van der Waals surface area contributed by atoms with Gasteiger partial charge in [-0.25, -0.2) is 4.79 Å². The van der Waals surface area contributed by atoms with Crippen LogP contribution in [0.4, 0.5) is 0 Å². The number of ether oxygens (including phenoxy) is 2. The number of nitrogens with zero attached hydrogens (tertiary/aromatic N) is 2. The van der Waals surface area contributed by atoms with Gasteiger partial charge in [0.2, 0.25) is 11.8 Å². The van der Waals surface area contributed by atoms with E-state index in [9.17, 15) is 10.1 Å². The molecule has 2 rings (SSSR count).